The monoisotopic (exact) mass is 252 g/mol. The van der Waals surface area contributed by atoms with Gasteiger partial charge in [0.1, 0.15) is 5.82 Å². The second-order valence-corrected chi connectivity index (χ2v) is 4.29. The first-order valence-corrected chi connectivity index (χ1v) is 5.50. The van der Waals surface area contributed by atoms with Gasteiger partial charge >= 0.3 is 12.0 Å². The summed E-state index contributed by atoms with van der Waals surface area (Å²) in [6.45, 7) is 0.224. The highest BCUT2D eigenvalue weighted by atomic mass is 19.1. The number of aliphatic carboxylic acids is 1. The first-order chi connectivity index (χ1) is 8.49. The average molecular weight is 252 g/mol. The first kappa shape index (κ1) is 12.3. The summed E-state index contributed by atoms with van der Waals surface area (Å²) in [5.41, 5.74) is 0.373. The molecule has 1 aromatic carbocycles. The maximum absolute atomic E-state index is 13.1. The summed E-state index contributed by atoms with van der Waals surface area (Å²) in [6, 6.07) is 5.24. The summed E-state index contributed by atoms with van der Waals surface area (Å²) in [6.07, 6.45) is 0. The Balaban J connectivity index is 2.30. The van der Waals surface area contributed by atoms with Crippen LogP contribution in [0.3, 0.4) is 0 Å². The van der Waals surface area contributed by atoms with Crippen LogP contribution < -0.4 is 4.90 Å². The second kappa shape index (κ2) is 4.64. The van der Waals surface area contributed by atoms with Gasteiger partial charge in [-0.1, -0.05) is 6.07 Å². The van der Waals surface area contributed by atoms with E-state index >= 15 is 0 Å². The van der Waals surface area contributed by atoms with E-state index in [0.29, 0.717) is 5.69 Å². The molecule has 5 nitrogen and oxygen atoms in total. The number of anilines is 1. The zero-order chi connectivity index (χ0) is 13.3. The van der Waals surface area contributed by atoms with Crippen LogP contribution in [0, 0.1) is 11.7 Å². The molecule has 1 aromatic rings. The van der Waals surface area contributed by atoms with Gasteiger partial charge in [0.05, 0.1) is 5.92 Å². The van der Waals surface area contributed by atoms with Gasteiger partial charge in [0.15, 0.2) is 0 Å². The van der Waals surface area contributed by atoms with Gasteiger partial charge in [0.2, 0.25) is 0 Å². The van der Waals surface area contributed by atoms with Crippen LogP contribution in [0.4, 0.5) is 14.9 Å². The maximum atomic E-state index is 13.1. The molecule has 2 rings (SSSR count). The van der Waals surface area contributed by atoms with Crippen LogP contribution in [-0.2, 0) is 4.79 Å². The molecule has 1 aliphatic rings. The van der Waals surface area contributed by atoms with Gasteiger partial charge in [0, 0.05) is 25.8 Å². The zero-order valence-corrected chi connectivity index (χ0v) is 9.84. The van der Waals surface area contributed by atoms with E-state index in [9.17, 15) is 14.0 Å². The number of amides is 2. The van der Waals surface area contributed by atoms with Crippen molar-refractivity contribution < 1.29 is 19.1 Å². The molecular weight excluding hydrogens is 239 g/mol. The summed E-state index contributed by atoms with van der Waals surface area (Å²) in [5, 5.41) is 9.02. The predicted octanol–water partition coefficient (Wildman–Crippen LogP) is 1.40. The SMILES string of the molecule is CN1CC(C(=O)O)CN(c2cccc(F)c2)C1=O. The number of rotatable bonds is 2. The van der Waals surface area contributed by atoms with E-state index in [2.05, 4.69) is 0 Å². The van der Waals surface area contributed by atoms with E-state index in [0.717, 1.165) is 0 Å². The van der Waals surface area contributed by atoms with Crippen LogP contribution in [-0.4, -0.2) is 42.1 Å². The summed E-state index contributed by atoms with van der Waals surface area (Å²) < 4.78 is 13.1. The molecular formula is C12H13FN2O3. The third-order valence-corrected chi connectivity index (χ3v) is 2.92. The third-order valence-electron chi connectivity index (χ3n) is 2.92. The average Bonchev–Trinajstić information content (AvgIpc) is 2.32. The number of hydrogen-bond donors (Lipinski definition) is 1. The highest BCUT2D eigenvalue weighted by molar-refractivity contribution is 5.94. The summed E-state index contributed by atoms with van der Waals surface area (Å²) in [7, 11) is 1.53. The van der Waals surface area contributed by atoms with Gasteiger partial charge in [-0.15, -0.1) is 0 Å². The molecule has 1 aliphatic heterocycles. The van der Waals surface area contributed by atoms with E-state index in [1.54, 1.807) is 6.07 Å². The van der Waals surface area contributed by atoms with Crippen LogP contribution in [0.25, 0.3) is 0 Å². The summed E-state index contributed by atoms with van der Waals surface area (Å²) in [5.74, 6) is -2.09. The quantitative estimate of drug-likeness (QED) is 0.865. The summed E-state index contributed by atoms with van der Waals surface area (Å²) in [4.78, 5) is 25.6. The molecule has 1 N–H and O–H groups in total. The van der Waals surface area contributed by atoms with Crippen molar-refractivity contribution >= 4 is 17.7 Å². The van der Waals surface area contributed by atoms with Crippen molar-refractivity contribution in [3.05, 3.63) is 30.1 Å². The van der Waals surface area contributed by atoms with Crippen molar-refractivity contribution in [3.8, 4) is 0 Å². The second-order valence-electron chi connectivity index (χ2n) is 4.29. The molecule has 1 heterocycles. The molecule has 0 saturated carbocycles. The molecule has 1 fully saturated rings. The van der Waals surface area contributed by atoms with Crippen LogP contribution >= 0.6 is 0 Å². The van der Waals surface area contributed by atoms with Crippen molar-refractivity contribution in [2.75, 3.05) is 25.0 Å². The molecule has 0 bridgehead atoms. The van der Waals surface area contributed by atoms with Gasteiger partial charge < -0.3 is 10.0 Å². The molecule has 0 aromatic heterocycles. The Labute approximate surface area is 103 Å². The number of carbonyl (C=O) groups is 2. The van der Waals surface area contributed by atoms with E-state index in [-0.39, 0.29) is 19.1 Å². The Kier molecular flexibility index (Phi) is 3.18. The number of urea groups is 1. The lowest BCUT2D eigenvalue weighted by atomic mass is 10.1. The first-order valence-electron chi connectivity index (χ1n) is 5.50. The highest BCUT2D eigenvalue weighted by Crippen LogP contribution is 2.22. The fourth-order valence-electron chi connectivity index (χ4n) is 1.99. The molecule has 96 valence electrons. The summed E-state index contributed by atoms with van der Waals surface area (Å²) >= 11 is 0. The van der Waals surface area contributed by atoms with Gasteiger partial charge in [-0.2, -0.15) is 0 Å². The van der Waals surface area contributed by atoms with Crippen LogP contribution in [0.1, 0.15) is 0 Å². The smallest absolute Gasteiger partial charge is 0.324 e. The van der Waals surface area contributed by atoms with Crippen molar-refractivity contribution in [1.82, 2.24) is 4.90 Å². The lowest BCUT2D eigenvalue weighted by Crippen LogP contribution is -2.54. The van der Waals surface area contributed by atoms with Crippen molar-refractivity contribution in [1.29, 1.82) is 0 Å². The Hall–Kier alpha value is -2.11. The van der Waals surface area contributed by atoms with Crippen molar-refractivity contribution in [3.63, 3.8) is 0 Å². The highest BCUT2D eigenvalue weighted by Gasteiger charge is 2.34. The topological polar surface area (TPSA) is 60.9 Å². The largest absolute Gasteiger partial charge is 0.481 e. The standard InChI is InChI=1S/C12H13FN2O3/c1-14-6-8(11(16)17)7-15(12(14)18)10-4-2-3-9(13)5-10/h2-5,8H,6-7H2,1H3,(H,16,17). The maximum Gasteiger partial charge on any atom is 0.324 e. The lowest BCUT2D eigenvalue weighted by molar-refractivity contribution is -0.141. The molecule has 0 aliphatic carbocycles. The minimum absolute atomic E-state index is 0.0575. The zero-order valence-electron chi connectivity index (χ0n) is 9.84. The van der Waals surface area contributed by atoms with Crippen LogP contribution in [0.2, 0.25) is 0 Å². The van der Waals surface area contributed by atoms with E-state index in [4.69, 9.17) is 5.11 Å². The molecule has 0 spiro atoms. The Bertz CT molecular complexity index is 492. The van der Waals surface area contributed by atoms with Gasteiger partial charge in [-0.3, -0.25) is 9.69 Å². The molecule has 0 radical (unpaired) electrons. The van der Waals surface area contributed by atoms with Crippen molar-refractivity contribution in [2.45, 2.75) is 0 Å². The number of carbonyl (C=O) groups excluding carboxylic acids is 1. The minimum atomic E-state index is -0.962. The van der Waals surface area contributed by atoms with E-state index < -0.39 is 17.7 Å². The molecule has 6 heteroatoms. The molecule has 1 unspecified atom stereocenters. The molecule has 2 amide bonds. The van der Waals surface area contributed by atoms with Crippen molar-refractivity contribution in [2.24, 2.45) is 5.92 Å². The number of halogens is 1. The Morgan fingerprint density at radius 2 is 2.17 bits per heavy atom. The Morgan fingerprint density at radius 1 is 1.44 bits per heavy atom. The number of hydrogen-bond acceptors (Lipinski definition) is 2. The number of carboxylic acids is 1. The number of nitrogens with zero attached hydrogens (tertiary/aromatic N) is 2. The predicted molar refractivity (Wildman–Crippen MR) is 62.9 cm³/mol. The van der Waals surface area contributed by atoms with Gasteiger partial charge in [-0.05, 0) is 18.2 Å². The fraction of sp³-hybridized carbons (Fsp3) is 0.333. The molecule has 1 atom stereocenters. The normalized spacial score (nSPS) is 20.1. The minimum Gasteiger partial charge on any atom is -0.481 e. The van der Waals surface area contributed by atoms with Gasteiger partial charge in [0.25, 0.3) is 0 Å². The van der Waals surface area contributed by atoms with E-state index in [1.807, 2.05) is 0 Å². The molecule has 1 saturated heterocycles. The lowest BCUT2D eigenvalue weighted by Gasteiger charge is -2.36. The number of benzene rings is 1. The van der Waals surface area contributed by atoms with Crippen LogP contribution in [0.5, 0.6) is 0 Å². The van der Waals surface area contributed by atoms with Gasteiger partial charge in [-0.25, -0.2) is 9.18 Å². The van der Waals surface area contributed by atoms with E-state index in [1.165, 1.54) is 35.0 Å². The Morgan fingerprint density at radius 3 is 2.78 bits per heavy atom. The fourth-order valence-corrected chi connectivity index (χ4v) is 1.99. The molecule has 18 heavy (non-hydrogen) atoms. The third kappa shape index (κ3) is 2.27. The van der Waals surface area contributed by atoms with Crippen LogP contribution in [0.15, 0.2) is 24.3 Å². The number of carboxylic acid groups (broad SMARTS) is 1.